The zero-order valence-electron chi connectivity index (χ0n) is 18.7. The Bertz CT molecular complexity index is 1230. The molecule has 3 N–H and O–H groups in total. The molecule has 7 nitrogen and oxygen atoms in total. The molecular formula is C25H28N4O3S. The number of rotatable bonds is 6. The Labute approximate surface area is 194 Å². The topological polar surface area (TPSA) is 90.5 Å². The van der Waals surface area contributed by atoms with E-state index < -0.39 is 10.0 Å². The first kappa shape index (κ1) is 22.8. The minimum atomic E-state index is -3.74. The number of anilines is 2. The van der Waals surface area contributed by atoms with Crippen molar-refractivity contribution in [3.63, 3.8) is 0 Å². The van der Waals surface area contributed by atoms with E-state index in [4.69, 9.17) is 0 Å². The summed E-state index contributed by atoms with van der Waals surface area (Å²) in [5.74, 6) is 0. The van der Waals surface area contributed by atoms with Gasteiger partial charge in [-0.3, -0.25) is 4.72 Å². The molecule has 0 radical (unpaired) electrons. The Morgan fingerprint density at radius 3 is 2.36 bits per heavy atom. The van der Waals surface area contributed by atoms with Crippen molar-refractivity contribution in [2.45, 2.75) is 30.8 Å². The lowest BCUT2D eigenvalue weighted by atomic mass is 10.00. The number of nitrogens with one attached hydrogen (secondary N) is 3. The molecule has 33 heavy (non-hydrogen) atoms. The number of carbonyl (C=O) groups is 1. The number of likely N-dealkylation sites (N-methyl/N-ethyl adjacent to an activating group) is 1. The van der Waals surface area contributed by atoms with Crippen molar-refractivity contribution in [3.05, 3.63) is 89.5 Å². The molecule has 1 aliphatic heterocycles. The number of fused-ring (bicyclic) bond motifs is 1. The molecule has 0 aromatic heterocycles. The molecule has 4 rings (SSSR count). The van der Waals surface area contributed by atoms with Crippen molar-refractivity contribution in [1.29, 1.82) is 0 Å². The van der Waals surface area contributed by atoms with Gasteiger partial charge in [-0.05, 0) is 73.5 Å². The molecule has 172 valence electrons. The first-order chi connectivity index (χ1) is 15.8. The van der Waals surface area contributed by atoms with Crippen LogP contribution in [0.5, 0.6) is 0 Å². The van der Waals surface area contributed by atoms with Gasteiger partial charge in [0.2, 0.25) is 0 Å². The van der Waals surface area contributed by atoms with Gasteiger partial charge >= 0.3 is 6.03 Å². The number of benzene rings is 3. The van der Waals surface area contributed by atoms with E-state index in [0.29, 0.717) is 11.4 Å². The number of carbonyl (C=O) groups excluding carboxylic acids is 1. The van der Waals surface area contributed by atoms with Crippen molar-refractivity contribution in [1.82, 2.24) is 10.2 Å². The molecule has 2 amide bonds. The molecule has 1 heterocycles. The van der Waals surface area contributed by atoms with Crippen LogP contribution in [-0.4, -0.2) is 32.9 Å². The van der Waals surface area contributed by atoms with Crippen LogP contribution < -0.4 is 15.4 Å². The minimum absolute atomic E-state index is 0.128. The zero-order chi connectivity index (χ0) is 23.4. The molecule has 3 aromatic carbocycles. The van der Waals surface area contributed by atoms with Crippen molar-refractivity contribution in [2.75, 3.05) is 23.6 Å². The minimum Gasteiger partial charge on any atom is -0.331 e. The summed E-state index contributed by atoms with van der Waals surface area (Å²) in [6, 6.07) is 20.9. The van der Waals surface area contributed by atoms with E-state index in [9.17, 15) is 13.2 Å². The summed E-state index contributed by atoms with van der Waals surface area (Å²) in [4.78, 5) is 14.7. The van der Waals surface area contributed by atoms with E-state index in [0.717, 1.165) is 25.1 Å². The fraction of sp³-hybridized carbons (Fsp3) is 0.240. The highest BCUT2D eigenvalue weighted by molar-refractivity contribution is 7.92. The van der Waals surface area contributed by atoms with Gasteiger partial charge in [0, 0.05) is 24.5 Å². The van der Waals surface area contributed by atoms with Crippen LogP contribution in [0.15, 0.2) is 77.7 Å². The van der Waals surface area contributed by atoms with Gasteiger partial charge in [-0.15, -0.1) is 0 Å². The summed E-state index contributed by atoms with van der Waals surface area (Å²) in [6.45, 7) is 3.72. The molecule has 0 spiro atoms. The van der Waals surface area contributed by atoms with E-state index in [2.05, 4.69) is 27.3 Å². The van der Waals surface area contributed by atoms with Gasteiger partial charge < -0.3 is 15.5 Å². The quantitative estimate of drug-likeness (QED) is 0.506. The second-order valence-electron chi connectivity index (χ2n) is 8.33. The Morgan fingerprint density at radius 2 is 1.64 bits per heavy atom. The monoisotopic (exact) mass is 464 g/mol. The van der Waals surface area contributed by atoms with Gasteiger partial charge in [-0.2, -0.15) is 0 Å². The number of sulfonamides is 1. The normalized spacial score (nSPS) is 14.7. The van der Waals surface area contributed by atoms with Crippen LogP contribution in [-0.2, 0) is 23.0 Å². The van der Waals surface area contributed by atoms with Crippen LogP contribution >= 0.6 is 0 Å². The van der Waals surface area contributed by atoms with E-state index in [1.54, 1.807) is 18.2 Å². The summed E-state index contributed by atoms with van der Waals surface area (Å²) in [5.41, 5.74) is 4.44. The smallest absolute Gasteiger partial charge is 0.319 e. The van der Waals surface area contributed by atoms with Crippen LogP contribution in [0.2, 0.25) is 0 Å². The van der Waals surface area contributed by atoms with Gasteiger partial charge in [0.15, 0.2) is 0 Å². The van der Waals surface area contributed by atoms with Gasteiger partial charge in [-0.1, -0.05) is 36.4 Å². The van der Waals surface area contributed by atoms with Crippen molar-refractivity contribution in [2.24, 2.45) is 0 Å². The fourth-order valence-electron chi connectivity index (χ4n) is 3.88. The van der Waals surface area contributed by atoms with Crippen LogP contribution in [0.4, 0.5) is 16.2 Å². The summed E-state index contributed by atoms with van der Waals surface area (Å²) < 4.78 is 28.3. The third kappa shape index (κ3) is 5.71. The molecule has 0 fully saturated rings. The number of urea groups is 1. The first-order valence-corrected chi connectivity index (χ1v) is 12.3. The molecule has 0 bridgehead atoms. The predicted octanol–water partition coefficient (Wildman–Crippen LogP) is 4.36. The Hall–Kier alpha value is -3.36. The molecular weight excluding hydrogens is 436 g/mol. The molecule has 8 heteroatoms. The zero-order valence-corrected chi connectivity index (χ0v) is 19.5. The Balaban J connectivity index is 1.38. The fourth-order valence-corrected chi connectivity index (χ4v) is 4.93. The lowest BCUT2D eigenvalue weighted by Gasteiger charge is -2.25. The van der Waals surface area contributed by atoms with Crippen LogP contribution in [0, 0.1) is 0 Å². The van der Waals surface area contributed by atoms with Crippen molar-refractivity contribution in [3.8, 4) is 0 Å². The summed E-state index contributed by atoms with van der Waals surface area (Å²) in [7, 11) is -1.66. The second kappa shape index (κ2) is 9.64. The van der Waals surface area contributed by atoms with Crippen LogP contribution in [0.1, 0.15) is 29.7 Å². The van der Waals surface area contributed by atoms with Crippen LogP contribution in [0.25, 0.3) is 0 Å². The van der Waals surface area contributed by atoms with E-state index >= 15 is 0 Å². The van der Waals surface area contributed by atoms with Crippen LogP contribution in [0.3, 0.4) is 0 Å². The standard InChI is InChI=1S/C25H28N4O3S/c1-18(19-6-4-3-5-7-19)26-25(30)27-22-10-12-24(13-11-22)33(31,32)28-23-9-8-21-17-29(2)15-14-20(21)16-23/h3-13,16,18,28H,14-15,17H2,1-2H3,(H2,26,27,30)/t18-/m0/s1. The number of amides is 2. The highest BCUT2D eigenvalue weighted by atomic mass is 32.2. The Kier molecular flexibility index (Phi) is 6.67. The lowest BCUT2D eigenvalue weighted by molar-refractivity contribution is 0.249. The van der Waals surface area contributed by atoms with Crippen molar-refractivity contribution >= 4 is 27.4 Å². The first-order valence-electron chi connectivity index (χ1n) is 10.9. The SMILES string of the molecule is C[C@H](NC(=O)Nc1ccc(S(=O)(=O)Nc2ccc3c(c2)CCN(C)C3)cc1)c1ccccc1. The molecule has 0 aliphatic carbocycles. The van der Waals surface area contributed by atoms with Gasteiger partial charge in [0.1, 0.15) is 0 Å². The summed E-state index contributed by atoms with van der Waals surface area (Å²) >= 11 is 0. The maximum atomic E-state index is 12.8. The maximum absolute atomic E-state index is 12.8. The Morgan fingerprint density at radius 1 is 0.939 bits per heavy atom. The largest absolute Gasteiger partial charge is 0.331 e. The molecule has 3 aromatic rings. The highest BCUT2D eigenvalue weighted by Crippen LogP contribution is 2.24. The molecule has 0 unspecified atom stereocenters. The van der Waals surface area contributed by atoms with E-state index in [1.807, 2.05) is 49.4 Å². The van der Waals surface area contributed by atoms with Gasteiger partial charge in [0.25, 0.3) is 10.0 Å². The van der Waals surface area contributed by atoms with Gasteiger partial charge in [-0.25, -0.2) is 13.2 Å². The second-order valence-corrected chi connectivity index (χ2v) is 10.0. The molecule has 0 saturated carbocycles. The third-order valence-corrected chi connectivity index (χ3v) is 7.13. The molecule has 1 atom stereocenters. The summed E-state index contributed by atoms with van der Waals surface area (Å²) in [6.07, 6.45) is 0.896. The van der Waals surface area contributed by atoms with E-state index in [1.165, 1.54) is 23.3 Å². The van der Waals surface area contributed by atoms with Gasteiger partial charge in [0.05, 0.1) is 10.9 Å². The van der Waals surface area contributed by atoms with Crippen molar-refractivity contribution < 1.29 is 13.2 Å². The third-order valence-electron chi connectivity index (χ3n) is 5.73. The summed E-state index contributed by atoms with van der Waals surface area (Å²) in [5, 5.41) is 5.61. The number of hydrogen-bond donors (Lipinski definition) is 3. The average molecular weight is 465 g/mol. The number of hydrogen-bond acceptors (Lipinski definition) is 4. The molecule has 1 aliphatic rings. The predicted molar refractivity (Wildman–Crippen MR) is 131 cm³/mol. The molecule has 0 saturated heterocycles. The number of nitrogens with zero attached hydrogens (tertiary/aromatic N) is 1. The lowest BCUT2D eigenvalue weighted by Crippen LogP contribution is -2.31. The highest BCUT2D eigenvalue weighted by Gasteiger charge is 2.18. The maximum Gasteiger partial charge on any atom is 0.319 e. The van der Waals surface area contributed by atoms with E-state index in [-0.39, 0.29) is 17.0 Å². The average Bonchev–Trinajstić information content (AvgIpc) is 2.80.